The topological polar surface area (TPSA) is 89.3 Å². The number of carbonyl (C=O) groups is 1. The number of benzene rings is 1. The number of primary sulfonamides is 1. The quantitative estimate of drug-likeness (QED) is 0.882. The number of carbonyl (C=O) groups excluding carboxylic acids is 1. The summed E-state index contributed by atoms with van der Waals surface area (Å²) >= 11 is 1.87. The Labute approximate surface area is 127 Å². The van der Waals surface area contributed by atoms with Crippen LogP contribution in [0.25, 0.3) is 0 Å². The lowest BCUT2D eigenvalue weighted by Gasteiger charge is -2.20. The standard InChI is InChI=1S/C13H17FN2O3S2/c14-10-6-11(8-12(7-10)21(15,18)19)16-13(17)5-9-1-3-20-4-2-9/h6-9H,1-5H2,(H,16,17)(H2,15,18,19). The minimum atomic E-state index is -4.00. The molecular weight excluding hydrogens is 315 g/mol. The van der Waals surface area contributed by atoms with Gasteiger partial charge in [-0.25, -0.2) is 17.9 Å². The molecule has 1 aromatic rings. The molecule has 0 saturated carbocycles. The largest absolute Gasteiger partial charge is 0.326 e. The van der Waals surface area contributed by atoms with Crippen LogP contribution in [0.5, 0.6) is 0 Å². The average molecular weight is 332 g/mol. The molecular formula is C13H17FN2O3S2. The van der Waals surface area contributed by atoms with Crippen LogP contribution in [-0.4, -0.2) is 25.8 Å². The Balaban J connectivity index is 2.05. The van der Waals surface area contributed by atoms with E-state index in [0.717, 1.165) is 42.5 Å². The number of hydrogen-bond acceptors (Lipinski definition) is 4. The van der Waals surface area contributed by atoms with Crippen molar-refractivity contribution in [1.29, 1.82) is 0 Å². The summed E-state index contributed by atoms with van der Waals surface area (Å²) in [4.78, 5) is 11.6. The van der Waals surface area contributed by atoms with E-state index in [0.29, 0.717) is 12.3 Å². The van der Waals surface area contributed by atoms with Crippen molar-refractivity contribution in [2.24, 2.45) is 11.1 Å². The van der Waals surface area contributed by atoms with E-state index >= 15 is 0 Å². The lowest BCUT2D eigenvalue weighted by atomic mass is 9.98. The molecule has 1 aliphatic heterocycles. The van der Waals surface area contributed by atoms with Gasteiger partial charge in [0.25, 0.3) is 0 Å². The van der Waals surface area contributed by atoms with Gasteiger partial charge < -0.3 is 5.32 Å². The summed E-state index contributed by atoms with van der Waals surface area (Å²) < 4.78 is 35.9. The summed E-state index contributed by atoms with van der Waals surface area (Å²) in [6.45, 7) is 0. The first-order valence-electron chi connectivity index (χ1n) is 6.55. The van der Waals surface area contributed by atoms with Crippen LogP contribution < -0.4 is 10.5 Å². The number of thioether (sulfide) groups is 1. The molecule has 1 aromatic carbocycles. The molecule has 116 valence electrons. The molecule has 5 nitrogen and oxygen atoms in total. The third kappa shape index (κ3) is 4.98. The highest BCUT2D eigenvalue weighted by atomic mass is 32.2. The summed E-state index contributed by atoms with van der Waals surface area (Å²) in [5.41, 5.74) is 0.106. The number of hydrogen-bond donors (Lipinski definition) is 2. The molecule has 1 fully saturated rings. The molecule has 8 heteroatoms. The first-order chi connectivity index (χ1) is 9.84. The van der Waals surface area contributed by atoms with Gasteiger partial charge in [0.2, 0.25) is 15.9 Å². The zero-order chi connectivity index (χ0) is 15.5. The van der Waals surface area contributed by atoms with E-state index in [1.807, 2.05) is 11.8 Å². The highest BCUT2D eigenvalue weighted by Gasteiger charge is 2.18. The maximum atomic E-state index is 13.4. The number of nitrogens with two attached hydrogens (primary N) is 1. The van der Waals surface area contributed by atoms with E-state index in [2.05, 4.69) is 5.32 Å². The molecule has 0 radical (unpaired) electrons. The van der Waals surface area contributed by atoms with Crippen LogP contribution in [-0.2, 0) is 14.8 Å². The fourth-order valence-corrected chi connectivity index (χ4v) is 4.00. The molecule has 0 atom stereocenters. The third-order valence-electron chi connectivity index (χ3n) is 3.30. The van der Waals surface area contributed by atoms with Gasteiger partial charge in [-0.3, -0.25) is 4.79 Å². The second-order valence-electron chi connectivity index (χ2n) is 5.03. The number of rotatable bonds is 4. The van der Waals surface area contributed by atoms with Crippen LogP contribution in [0.4, 0.5) is 10.1 Å². The second kappa shape index (κ2) is 6.76. The van der Waals surface area contributed by atoms with Crippen LogP contribution >= 0.6 is 11.8 Å². The minimum Gasteiger partial charge on any atom is -0.326 e. The van der Waals surface area contributed by atoms with Gasteiger partial charge in [0.15, 0.2) is 0 Å². The molecule has 0 bridgehead atoms. The van der Waals surface area contributed by atoms with Crippen LogP contribution in [0.15, 0.2) is 23.1 Å². The zero-order valence-corrected chi connectivity index (χ0v) is 13.0. The van der Waals surface area contributed by atoms with E-state index < -0.39 is 15.8 Å². The second-order valence-corrected chi connectivity index (χ2v) is 7.81. The van der Waals surface area contributed by atoms with Crippen molar-refractivity contribution in [2.75, 3.05) is 16.8 Å². The van der Waals surface area contributed by atoms with Crippen molar-refractivity contribution >= 4 is 33.4 Å². The number of sulfonamides is 1. The SMILES string of the molecule is NS(=O)(=O)c1cc(F)cc(NC(=O)CC2CCSCC2)c1. The van der Waals surface area contributed by atoms with E-state index in [1.165, 1.54) is 0 Å². The predicted octanol–water partition coefficient (Wildman–Crippen LogP) is 1.94. The fraction of sp³-hybridized carbons (Fsp3) is 0.462. The lowest BCUT2D eigenvalue weighted by molar-refractivity contribution is -0.117. The monoisotopic (exact) mass is 332 g/mol. The van der Waals surface area contributed by atoms with Crippen molar-refractivity contribution in [1.82, 2.24) is 0 Å². The Morgan fingerprint density at radius 1 is 1.33 bits per heavy atom. The molecule has 1 aliphatic rings. The van der Waals surface area contributed by atoms with Crippen molar-refractivity contribution in [3.05, 3.63) is 24.0 Å². The number of nitrogens with one attached hydrogen (secondary N) is 1. The summed E-state index contributed by atoms with van der Waals surface area (Å²) in [6, 6.07) is 3.06. The van der Waals surface area contributed by atoms with Crippen molar-refractivity contribution in [3.8, 4) is 0 Å². The van der Waals surface area contributed by atoms with Crippen LogP contribution in [0.2, 0.25) is 0 Å². The Hall–Kier alpha value is -1.12. The van der Waals surface area contributed by atoms with Gasteiger partial charge in [-0.05, 0) is 48.5 Å². The normalized spacial score (nSPS) is 16.7. The molecule has 1 amide bonds. The number of anilines is 1. The van der Waals surface area contributed by atoms with Gasteiger partial charge in [-0.15, -0.1) is 0 Å². The number of amides is 1. The van der Waals surface area contributed by atoms with Gasteiger partial charge in [-0.1, -0.05) is 0 Å². The Kier molecular flexibility index (Phi) is 5.23. The molecule has 21 heavy (non-hydrogen) atoms. The van der Waals surface area contributed by atoms with Gasteiger partial charge in [0.05, 0.1) is 4.90 Å². The average Bonchev–Trinajstić information content (AvgIpc) is 2.37. The predicted molar refractivity (Wildman–Crippen MR) is 81.1 cm³/mol. The minimum absolute atomic E-state index is 0.106. The molecule has 1 heterocycles. The zero-order valence-electron chi connectivity index (χ0n) is 11.3. The smallest absolute Gasteiger partial charge is 0.238 e. The van der Waals surface area contributed by atoms with E-state index in [-0.39, 0.29) is 16.5 Å². The number of halogens is 1. The van der Waals surface area contributed by atoms with E-state index in [1.54, 1.807) is 0 Å². The summed E-state index contributed by atoms with van der Waals surface area (Å²) in [5.74, 6) is 1.43. The highest BCUT2D eigenvalue weighted by Crippen LogP contribution is 2.26. The third-order valence-corrected chi connectivity index (χ3v) is 5.24. The van der Waals surface area contributed by atoms with Crippen molar-refractivity contribution in [2.45, 2.75) is 24.2 Å². The van der Waals surface area contributed by atoms with E-state index in [9.17, 15) is 17.6 Å². The first kappa shape index (κ1) is 16.3. The maximum Gasteiger partial charge on any atom is 0.238 e. The summed E-state index contributed by atoms with van der Waals surface area (Å²) in [5, 5.41) is 7.50. The molecule has 3 N–H and O–H groups in total. The Bertz CT molecular complexity index is 628. The first-order valence-corrected chi connectivity index (χ1v) is 9.25. The molecule has 0 unspecified atom stereocenters. The van der Waals surface area contributed by atoms with Crippen molar-refractivity contribution in [3.63, 3.8) is 0 Å². The maximum absolute atomic E-state index is 13.4. The fourth-order valence-electron chi connectivity index (χ4n) is 2.22. The lowest BCUT2D eigenvalue weighted by Crippen LogP contribution is -2.20. The van der Waals surface area contributed by atoms with Crippen LogP contribution in [0, 0.1) is 11.7 Å². The Morgan fingerprint density at radius 2 is 2.00 bits per heavy atom. The molecule has 0 spiro atoms. The van der Waals surface area contributed by atoms with Gasteiger partial charge in [0, 0.05) is 12.1 Å². The molecule has 2 rings (SSSR count). The van der Waals surface area contributed by atoms with Gasteiger partial charge >= 0.3 is 0 Å². The Morgan fingerprint density at radius 3 is 2.62 bits per heavy atom. The highest BCUT2D eigenvalue weighted by molar-refractivity contribution is 7.99. The molecule has 0 aliphatic carbocycles. The summed E-state index contributed by atoms with van der Waals surface area (Å²) in [6.07, 6.45) is 2.34. The van der Waals surface area contributed by atoms with E-state index in [4.69, 9.17) is 5.14 Å². The van der Waals surface area contributed by atoms with Crippen molar-refractivity contribution < 1.29 is 17.6 Å². The summed E-state index contributed by atoms with van der Waals surface area (Å²) in [7, 11) is -4.00. The van der Waals surface area contributed by atoms with Gasteiger partial charge in [0.1, 0.15) is 5.82 Å². The van der Waals surface area contributed by atoms with Crippen LogP contribution in [0.3, 0.4) is 0 Å². The van der Waals surface area contributed by atoms with Gasteiger partial charge in [-0.2, -0.15) is 11.8 Å². The molecule has 1 saturated heterocycles. The van der Waals surface area contributed by atoms with Crippen LogP contribution in [0.1, 0.15) is 19.3 Å². The molecule has 0 aromatic heterocycles.